The third-order valence-electron chi connectivity index (χ3n) is 4.45. The van der Waals surface area contributed by atoms with Gasteiger partial charge in [0.25, 0.3) is 5.56 Å². The van der Waals surface area contributed by atoms with Crippen molar-refractivity contribution in [3.63, 3.8) is 0 Å². The number of ether oxygens (including phenoxy) is 2. The van der Waals surface area contributed by atoms with E-state index in [9.17, 15) is 14.4 Å². The predicted molar refractivity (Wildman–Crippen MR) is 118 cm³/mol. The van der Waals surface area contributed by atoms with E-state index < -0.39 is 17.2 Å². The monoisotopic (exact) mass is 437 g/mol. The van der Waals surface area contributed by atoms with E-state index >= 15 is 0 Å². The Bertz CT molecular complexity index is 1190. The van der Waals surface area contributed by atoms with E-state index in [-0.39, 0.29) is 18.5 Å². The molecular weight excluding hydrogens is 414 g/mol. The predicted octanol–water partition coefficient (Wildman–Crippen LogP) is 1.17. The summed E-state index contributed by atoms with van der Waals surface area (Å²) in [5.41, 5.74) is 3.02. The molecule has 0 radical (unpaired) electrons. The lowest BCUT2D eigenvalue weighted by Crippen LogP contribution is -2.28. The number of H-pyrrole nitrogens is 2. The van der Waals surface area contributed by atoms with Crippen LogP contribution in [-0.2, 0) is 17.6 Å². The molecule has 0 unspecified atom stereocenters. The Morgan fingerprint density at radius 2 is 1.94 bits per heavy atom. The summed E-state index contributed by atoms with van der Waals surface area (Å²) in [6.45, 7) is 0.511. The van der Waals surface area contributed by atoms with Gasteiger partial charge in [-0.25, -0.2) is 15.3 Å². The van der Waals surface area contributed by atoms with Crippen molar-refractivity contribution in [1.82, 2.24) is 20.6 Å². The topological polar surface area (TPSA) is 139 Å². The zero-order chi connectivity index (χ0) is 22.8. The van der Waals surface area contributed by atoms with Crippen LogP contribution in [0.15, 0.2) is 63.2 Å². The van der Waals surface area contributed by atoms with Crippen LogP contribution in [0.1, 0.15) is 23.2 Å². The van der Waals surface area contributed by atoms with Gasteiger partial charge in [0, 0.05) is 19.3 Å². The molecular formula is C22H23N5O5. The second-order valence-corrected chi connectivity index (χ2v) is 6.74. The van der Waals surface area contributed by atoms with Gasteiger partial charge in [-0.15, -0.1) is 0 Å². The lowest BCUT2D eigenvalue weighted by Gasteiger charge is -2.11. The Labute approximate surface area is 183 Å². The lowest BCUT2D eigenvalue weighted by atomic mass is 10.2. The molecule has 0 aliphatic carbocycles. The highest BCUT2D eigenvalue weighted by Crippen LogP contribution is 2.27. The van der Waals surface area contributed by atoms with Crippen LogP contribution >= 0.6 is 0 Å². The zero-order valence-corrected chi connectivity index (χ0v) is 17.5. The standard InChI is InChI=1S/C22H23N5O5/c1-31-19-13-16(7-9-18(19)32-12-11-15-5-3-2-4-6-15)14-23-26-20(28)10-8-17-21(29)24-22(30)27-25-17/h2-7,9,13-14H,8,10-12H2,1H3,(H,26,28)(H2,24,27,29,30)/b23-14-. The molecule has 2 aromatic carbocycles. The number of amides is 1. The van der Waals surface area contributed by atoms with Crippen LogP contribution in [-0.4, -0.2) is 41.0 Å². The average Bonchev–Trinajstić information content (AvgIpc) is 2.80. The molecule has 0 aliphatic rings. The van der Waals surface area contributed by atoms with E-state index in [2.05, 4.69) is 25.7 Å². The number of hydrogen-bond acceptors (Lipinski definition) is 7. The summed E-state index contributed by atoms with van der Waals surface area (Å²) in [5.74, 6) is 0.765. The number of carbonyl (C=O) groups excluding carboxylic acids is 1. The Balaban J connectivity index is 1.49. The van der Waals surface area contributed by atoms with Crippen molar-refractivity contribution in [3.8, 4) is 11.5 Å². The molecule has 0 fully saturated rings. The van der Waals surface area contributed by atoms with E-state index in [1.54, 1.807) is 25.3 Å². The Hall–Kier alpha value is -4.21. The van der Waals surface area contributed by atoms with Gasteiger partial charge in [-0.2, -0.15) is 10.2 Å². The molecule has 166 valence electrons. The molecule has 3 aromatic rings. The fraction of sp³-hybridized carbons (Fsp3) is 0.227. The van der Waals surface area contributed by atoms with Crippen LogP contribution in [0.3, 0.4) is 0 Å². The number of benzene rings is 2. The fourth-order valence-corrected chi connectivity index (χ4v) is 2.82. The highest BCUT2D eigenvalue weighted by molar-refractivity contribution is 5.83. The molecule has 0 atom stereocenters. The van der Waals surface area contributed by atoms with E-state index in [4.69, 9.17) is 9.47 Å². The summed E-state index contributed by atoms with van der Waals surface area (Å²) < 4.78 is 11.2. The molecule has 0 aliphatic heterocycles. The van der Waals surface area contributed by atoms with Crippen LogP contribution < -0.4 is 26.1 Å². The summed E-state index contributed by atoms with van der Waals surface area (Å²) >= 11 is 0. The zero-order valence-electron chi connectivity index (χ0n) is 17.5. The number of aromatic nitrogens is 3. The van der Waals surface area contributed by atoms with Crippen LogP contribution in [0.5, 0.6) is 11.5 Å². The highest BCUT2D eigenvalue weighted by atomic mass is 16.5. The molecule has 1 amide bonds. The summed E-state index contributed by atoms with van der Waals surface area (Å²) in [7, 11) is 1.55. The first kappa shape index (κ1) is 22.5. The molecule has 32 heavy (non-hydrogen) atoms. The SMILES string of the molecule is COc1cc(/C=N\NC(=O)CCc2n[nH]c(=O)[nH]c2=O)ccc1OCCc1ccccc1. The van der Waals surface area contributed by atoms with Gasteiger partial charge in [-0.3, -0.25) is 14.6 Å². The molecule has 10 heteroatoms. The molecule has 0 bridgehead atoms. The number of hydrogen-bond donors (Lipinski definition) is 3. The van der Waals surface area contributed by atoms with Crippen LogP contribution in [0.25, 0.3) is 0 Å². The van der Waals surface area contributed by atoms with Crippen molar-refractivity contribution in [2.75, 3.05) is 13.7 Å². The number of aryl methyl sites for hydroxylation is 1. The van der Waals surface area contributed by atoms with Crippen molar-refractivity contribution in [1.29, 1.82) is 0 Å². The number of rotatable bonds is 10. The van der Waals surface area contributed by atoms with Crippen molar-refractivity contribution in [2.24, 2.45) is 5.10 Å². The number of methoxy groups -OCH3 is 1. The van der Waals surface area contributed by atoms with Gasteiger partial charge >= 0.3 is 5.69 Å². The Morgan fingerprint density at radius 3 is 2.69 bits per heavy atom. The molecule has 0 saturated carbocycles. The second kappa shape index (κ2) is 11.3. The number of aromatic amines is 2. The molecule has 0 spiro atoms. The molecule has 3 rings (SSSR count). The molecule has 10 nitrogen and oxygen atoms in total. The number of nitrogens with zero attached hydrogens (tertiary/aromatic N) is 2. The van der Waals surface area contributed by atoms with Gasteiger partial charge in [0.15, 0.2) is 11.5 Å². The average molecular weight is 437 g/mol. The van der Waals surface area contributed by atoms with Gasteiger partial charge in [-0.1, -0.05) is 30.3 Å². The van der Waals surface area contributed by atoms with Gasteiger partial charge in [0.05, 0.1) is 19.9 Å². The minimum absolute atomic E-state index is 0.0169. The van der Waals surface area contributed by atoms with Crippen molar-refractivity contribution in [2.45, 2.75) is 19.3 Å². The van der Waals surface area contributed by atoms with Crippen molar-refractivity contribution < 1.29 is 14.3 Å². The van der Waals surface area contributed by atoms with Crippen LogP contribution in [0.4, 0.5) is 0 Å². The largest absolute Gasteiger partial charge is 0.493 e. The summed E-state index contributed by atoms with van der Waals surface area (Å²) in [5, 5.41) is 9.65. The summed E-state index contributed by atoms with van der Waals surface area (Å²) in [6.07, 6.45) is 2.30. The Morgan fingerprint density at radius 1 is 1.12 bits per heavy atom. The van der Waals surface area contributed by atoms with E-state index in [0.29, 0.717) is 23.7 Å². The first-order chi connectivity index (χ1) is 15.5. The molecule has 3 N–H and O–H groups in total. The maximum absolute atomic E-state index is 11.9. The molecule has 1 aromatic heterocycles. The van der Waals surface area contributed by atoms with Crippen molar-refractivity contribution in [3.05, 3.63) is 86.2 Å². The Kier molecular flexibility index (Phi) is 7.90. The summed E-state index contributed by atoms with van der Waals surface area (Å²) in [4.78, 5) is 36.5. The number of carbonyl (C=O) groups is 1. The molecule has 0 saturated heterocycles. The highest BCUT2D eigenvalue weighted by Gasteiger charge is 2.07. The summed E-state index contributed by atoms with van der Waals surface area (Å²) in [6, 6.07) is 15.4. The third kappa shape index (κ3) is 6.66. The van der Waals surface area contributed by atoms with Crippen LogP contribution in [0, 0.1) is 0 Å². The molecule has 1 heterocycles. The van der Waals surface area contributed by atoms with Gasteiger partial charge in [0.2, 0.25) is 5.91 Å². The number of nitrogens with one attached hydrogen (secondary N) is 3. The minimum atomic E-state index is -0.698. The van der Waals surface area contributed by atoms with Gasteiger partial charge in [0.1, 0.15) is 5.69 Å². The van der Waals surface area contributed by atoms with E-state index in [1.807, 2.05) is 30.3 Å². The second-order valence-electron chi connectivity index (χ2n) is 6.74. The first-order valence-electron chi connectivity index (χ1n) is 9.89. The maximum atomic E-state index is 11.9. The maximum Gasteiger partial charge on any atom is 0.342 e. The van der Waals surface area contributed by atoms with E-state index in [1.165, 1.54) is 11.8 Å². The minimum Gasteiger partial charge on any atom is -0.493 e. The van der Waals surface area contributed by atoms with Gasteiger partial charge in [-0.05, 0) is 29.3 Å². The van der Waals surface area contributed by atoms with E-state index in [0.717, 1.165) is 6.42 Å². The quantitative estimate of drug-likeness (QED) is 0.321. The number of hydrazone groups is 1. The lowest BCUT2D eigenvalue weighted by molar-refractivity contribution is -0.121. The normalized spacial score (nSPS) is 10.8. The van der Waals surface area contributed by atoms with Crippen molar-refractivity contribution >= 4 is 12.1 Å². The van der Waals surface area contributed by atoms with Gasteiger partial charge < -0.3 is 9.47 Å². The first-order valence-corrected chi connectivity index (χ1v) is 9.89. The fourth-order valence-electron chi connectivity index (χ4n) is 2.82. The van der Waals surface area contributed by atoms with Crippen LogP contribution in [0.2, 0.25) is 0 Å². The smallest absolute Gasteiger partial charge is 0.342 e. The third-order valence-corrected chi connectivity index (χ3v) is 4.45.